The summed E-state index contributed by atoms with van der Waals surface area (Å²) in [6, 6.07) is 0. The van der Waals surface area contributed by atoms with Gasteiger partial charge >= 0.3 is 0 Å². The number of nitrogens with zero attached hydrogens (tertiary/aromatic N) is 3. The Kier molecular flexibility index (Phi) is 2.08. The third-order valence-corrected chi connectivity index (χ3v) is 1.72. The molecule has 4 nitrogen and oxygen atoms in total. The summed E-state index contributed by atoms with van der Waals surface area (Å²) in [7, 11) is 0. The molecule has 12 heavy (non-hydrogen) atoms. The Balaban J connectivity index is 3.11. The van der Waals surface area contributed by atoms with Gasteiger partial charge in [-0.05, 0) is 6.92 Å². The van der Waals surface area contributed by atoms with Crippen LogP contribution in [0.3, 0.4) is 0 Å². The molecular weight excluding hydrogens is 154 g/mol. The molecule has 0 fully saturated rings. The monoisotopic (exact) mass is 169 g/mol. The van der Waals surface area contributed by atoms with Crippen molar-refractivity contribution in [2.24, 2.45) is 0 Å². The van der Waals surface area contributed by atoms with Gasteiger partial charge in [0.2, 0.25) is 5.88 Å². The molecule has 0 saturated carbocycles. The quantitative estimate of drug-likeness (QED) is 0.689. The normalized spacial score (nSPS) is 12.0. The first-order chi connectivity index (χ1) is 5.46. The molecule has 1 aromatic rings. The van der Waals surface area contributed by atoms with Crippen molar-refractivity contribution < 1.29 is 5.11 Å². The summed E-state index contributed by atoms with van der Waals surface area (Å²) in [5, 5.41) is 17.3. The second-order valence-corrected chi connectivity index (χ2v) is 3.83. The SMILES string of the molecule is CCn1nnc(C(C)(C)C)c1O. The van der Waals surface area contributed by atoms with Crippen LogP contribution in [0, 0.1) is 0 Å². The second-order valence-electron chi connectivity index (χ2n) is 3.83. The highest BCUT2D eigenvalue weighted by molar-refractivity contribution is 5.22. The highest BCUT2D eigenvalue weighted by Crippen LogP contribution is 2.27. The summed E-state index contributed by atoms with van der Waals surface area (Å²) in [6.45, 7) is 8.56. The van der Waals surface area contributed by atoms with Crippen LogP contribution in [0.25, 0.3) is 0 Å². The van der Waals surface area contributed by atoms with E-state index in [4.69, 9.17) is 0 Å². The molecule has 0 bridgehead atoms. The van der Waals surface area contributed by atoms with Crippen LogP contribution in [-0.2, 0) is 12.0 Å². The maximum Gasteiger partial charge on any atom is 0.233 e. The van der Waals surface area contributed by atoms with E-state index in [1.807, 2.05) is 27.7 Å². The Morgan fingerprint density at radius 3 is 2.25 bits per heavy atom. The molecule has 0 aromatic carbocycles. The first-order valence-corrected chi connectivity index (χ1v) is 4.09. The third kappa shape index (κ3) is 1.42. The van der Waals surface area contributed by atoms with E-state index in [2.05, 4.69) is 10.3 Å². The fraction of sp³-hybridized carbons (Fsp3) is 0.750. The smallest absolute Gasteiger partial charge is 0.233 e. The Morgan fingerprint density at radius 1 is 1.42 bits per heavy atom. The molecule has 0 atom stereocenters. The zero-order chi connectivity index (χ0) is 9.35. The summed E-state index contributed by atoms with van der Waals surface area (Å²) in [4.78, 5) is 0. The van der Waals surface area contributed by atoms with Gasteiger partial charge in [0.15, 0.2) is 0 Å². The van der Waals surface area contributed by atoms with E-state index in [1.54, 1.807) is 0 Å². The van der Waals surface area contributed by atoms with E-state index in [0.29, 0.717) is 12.2 Å². The zero-order valence-electron chi connectivity index (χ0n) is 8.00. The molecule has 0 amide bonds. The summed E-state index contributed by atoms with van der Waals surface area (Å²) in [5.74, 6) is 0.185. The van der Waals surface area contributed by atoms with Crippen molar-refractivity contribution >= 4 is 0 Å². The predicted octanol–water partition coefficient (Wildman–Crippen LogP) is 1.30. The topological polar surface area (TPSA) is 50.9 Å². The molecule has 1 aromatic heterocycles. The molecule has 4 heteroatoms. The Bertz CT molecular complexity index is 272. The van der Waals surface area contributed by atoms with Gasteiger partial charge in [-0.15, -0.1) is 5.10 Å². The molecule has 0 radical (unpaired) electrons. The van der Waals surface area contributed by atoms with Crippen molar-refractivity contribution in [3.05, 3.63) is 5.69 Å². The molecule has 1 N–H and O–H groups in total. The van der Waals surface area contributed by atoms with Crippen LogP contribution in [0.1, 0.15) is 33.4 Å². The molecule has 1 heterocycles. The standard InChI is InChI=1S/C8H15N3O/c1-5-11-7(12)6(9-10-11)8(2,3)4/h12H,5H2,1-4H3. The van der Waals surface area contributed by atoms with E-state index in [0.717, 1.165) is 0 Å². The van der Waals surface area contributed by atoms with Crippen LogP contribution in [0.4, 0.5) is 0 Å². The number of rotatable bonds is 1. The minimum absolute atomic E-state index is 0.141. The van der Waals surface area contributed by atoms with Gasteiger partial charge in [-0.1, -0.05) is 26.0 Å². The molecule has 0 saturated heterocycles. The highest BCUT2D eigenvalue weighted by atomic mass is 16.3. The van der Waals surface area contributed by atoms with Gasteiger partial charge in [-0.25, -0.2) is 4.68 Å². The molecule has 0 aliphatic heterocycles. The van der Waals surface area contributed by atoms with Gasteiger partial charge in [0.25, 0.3) is 0 Å². The fourth-order valence-corrected chi connectivity index (χ4v) is 1.01. The lowest BCUT2D eigenvalue weighted by molar-refractivity contribution is 0.389. The van der Waals surface area contributed by atoms with Gasteiger partial charge in [0.05, 0.1) is 0 Å². The van der Waals surface area contributed by atoms with Crippen LogP contribution in [0.2, 0.25) is 0 Å². The van der Waals surface area contributed by atoms with Crippen LogP contribution in [0.15, 0.2) is 0 Å². The van der Waals surface area contributed by atoms with Gasteiger partial charge in [0.1, 0.15) is 5.69 Å². The van der Waals surface area contributed by atoms with Crippen molar-refractivity contribution in [1.29, 1.82) is 0 Å². The minimum Gasteiger partial charge on any atom is -0.492 e. The van der Waals surface area contributed by atoms with Gasteiger partial charge in [-0.3, -0.25) is 0 Å². The molecule has 0 aliphatic rings. The second kappa shape index (κ2) is 2.77. The molecular formula is C8H15N3O. The lowest BCUT2D eigenvalue weighted by atomic mass is 9.92. The first-order valence-electron chi connectivity index (χ1n) is 4.09. The molecule has 0 aliphatic carbocycles. The zero-order valence-corrected chi connectivity index (χ0v) is 8.00. The van der Waals surface area contributed by atoms with Gasteiger partial charge < -0.3 is 5.11 Å². The average Bonchev–Trinajstić information content (AvgIpc) is 2.29. The molecule has 0 spiro atoms. The summed E-state index contributed by atoms with van der Waals surface area (Å²) in [6.07, 6.45) is 0. The number of aromatic hydroxyl groups is 1. The maximum absolute atomic E-state index is 9.60. The van der Waals surface area contributed by atoms with Gasteiger partial charge in [0, 0.05) is 12.0 Å². The minimum atomic E-state index is -0.141. The third-order valence-electron chi connectivity index (χ3n) is 1.72. The first kappa shape index (κ1) is 9.03. The van der Waals surface area contributed by atoms with Crippen LogP contribution < -0.4 is 0 Å². The summed E-state index contributed by atoms with van der Waals surface area (Å²) >= 11 is 0. The number of hydrogen-bond acceptors (Lipinski definition) is 3. The van der Waals surface area contributed by atoms with Crippen molar-refractivity contribution in [1.82, 2.24) is 15.0 Å². The summed E-state index contributed by atoms with van der Waals surface area (Å²) < 4.78 is 1.49. The van der Waals surface area contributed by atoms with E-state index in [9.17, 15) is 5.11 Å². The van der Waals surface area contributed by atoms with E-state index in [-0.39, 0.29) is 11.3 Å². The Labute approximate surface area is 72.2 Å². The molecule has 0 unspecified atom stereocenters. The van der Waals surface area contributed by atoms with Crippen LogP contribution in [-0.4, -0.2) is 20.1 Å². The lowest BCUT2D eigenvalue weighted by Crippen LogP contribution is -2.12. The lowest BCUT2D eigenvalue weighted by Gasteiger charge is -2.14. The molecule has 1 rings (SSSR count). The molecule has 68 valence electrons. The average molecular weight is 169 g/mol. The maximum atomic E-state index is 9.60. The van der Waals surface area contributed by atoms with E-state index >= 15 is 0 Å². The van der Waals surface area contributed by atoms with E-state index in [1.165, 1.54) is 4.68 Å². The highest BCUT2D eigenvalue weighted by Gasteiger charge is 2.23. The van der Waals surface area contributed by atoms with Crippen LogP contribution in [0.5, 0.6) is 5.88 Å². The fourth-order valence-electron chi connectivity index (χ4n) is 1.01. The van der Waals surface area contributed by atoms with E-state index < -0.39 is 0 Å². The van der Waals surface area contributed by atoms with Crippen molar-refractivity contribution in [2.45, 2.75) is 39.7 Å². The Hall–Kier alpha value is -1.06. The van der Waals surface area contributed by atoms with Crippen molar-refractivity contribution in [2.75, 3.05) is 0 Å². The summed E-state index contributed by atoms with van der Waals surface area (Å²) in [5.41, 5.74) is 0.515. The van der Waals surface area contributed by atoms with Crippen molar-refractivity contribution in [3.63, 3.8) is 0 Å². The van der Waals surface area contributed by atoms with Crippen LogP contribution >= 0.6 is 0 Å². The van der Waals surface area contributed by atoms with Gasteiger partial charge in [-0.2, -0.15) is 0 Å². The largest absolute Gasteiger partial charge is 0.492 e. The number of aryl methyl sites for hydroxylation is 1. The Morgan fingerprint density at radius 2 is 2.00 bits per heavy atom. The predicted molar refractivity (Wildman–Crippen MR) is 46.1 cm³/mol. The number of hydrogen-bond donors (Lipinski definition) is 1. The number of aromatic nitrogens is 3. The van der Waals surface area contributed by atoms with Crippen molar-refractivity contribution in [3.8, 4) is 5.88 Å².